The van der Waals surface area contributed by atoms with Gasteiger partial charge in [0.05, 0.1) is 24.0 Å². The number of likely N-dealkylation sites (N-methyl/N-ethyl adjacent to an activating group) is 1. The highest BCUT2D eigenvalue weighted by Gasteiger charge is 2.75. The lowest BCUT2D eigenvalue weighted by molar-refractivity contribution is -0.164. The van der Waals surface area contributed by atoms with Crippen LogP contribution in [0.4, 0.5) is 0 Å². The first-order chi connectivity index (χ1) is 22.7. The van der Waals surface area contributed by atoms with Gasteiger partial charge in [0.25, 0.3) is 0 Å². The summed E-state index contributed by atoms with van der Waals surface area (Å²) in [6, 6.07) is 7.97. The van der Waals surface area contributed by atoms with Crippen molar-refractivity contribution in [1.82, 2.24) is 14.7 Å². The van der Waals surface area contributed by atoms with Crippen LogP contribution in [0, 0.1) is 11.8 Å². The van der Waals surface area contributed by atoms with E-state index in [4.69, 9.17) is 9.47 Å². The van der Waals surface area contributed by atoms with Crippen LogP contribution in [-0.4, -0.2) is 100 Å². The Labute approximate surface area is 278 Å². The van der Waals surface area contributed by atoms with Gasteiger partial charge in [-0.05, 0) is 51.0 Å². The van der Waals surface area contributed by atoms with E-state index >= 15 is 0 Å². The van der Waals surface area contributed by atoms with Crippen molar-refractivity contribution in [2.75, 3.05) is 26.7 Å². The van der Waals surface area contributed by atoms with Gasteiger partial charge in [0.2, 0.25) is 17.7 Å². The number of ether oxygens (including phenoxy) is 2. The minimum Gasteiger partial charge on any atom is -0.455 e. The molecule has 1 saturated carbocycles. The zero-order chi connectivity index (χ0) is 33.7. The number of carbonyl (C=O) groups is 4. The smallest absolute Gasteiger partial charge is 0.313 e. The number of rotatable bonds is 15. The van der Waals surface area contributed by atoms with Gasteiger partial charge in [0.15, 0.2) is 0 Å². The van der Waals surface area contributed by atoms with Gasteiger partial charge in [-0.3, -0.25) is 19.2 Å². The molecule has 10 nitrogen and oxygen atoms in total. The highest BCUT2D eigenvalue weighted by atomic mass is 16.6. The monoisotopic (exact) mass is 649 g/mol. The Kier molecular flexibility index (Phi) is 11.2. The van der Waals surface area contributed by atoms with Gasteiger partial charge in [-0.1, -0.05) is 61.7 Å². The summed E-state index contributed by atoms with van der Waals surface area (Å²) in [5.41, 5.74) is -0.421. The maximum absolute atomic E-state index is 14.6. The van der Waals surface area contributed by atoms with Crippen LogP contribution in [0.1, 0.15) is 82.8 Å². The molecule has 4 fully saturated rings. The predicted octanol–water partition coefficient (Wildman–Crippen LogP) is 4.19. The van der Waals surface area contributed by atoms with Crippen LogP contribution < -0.4 is 0 Å². The van der Waals surface area contributed by atoms with Gasteiger partial charge in [0, 0.05) is 39.2 Å². The number of hydrogen-bond donors (Lipinski definition) is 1. The van der Waals surface area contributed by atoms with E-state index in [1.165, 1.54) is 0 Å². The second-order valence-corrected chi connectivity index (χ2v) is 13.6. The molecule has 3 aliphatic heterocycles. The summed E-state index contributed by atoms with van der Waals surface area (Å²) in [5, 5.41) is 9.71. The number of likely N-dealkylation sites (tertiary alicyclic amines) is 1. The normalized spacial score (nSPS) is 28.0. The molecule has 1 aliphatic carbocycles. The Morgan fingerprint density at radius 3 is 2.51 bits per heavy atom. The number of amides is 3. The number of esters is 1. The van der Waals surface area contributed by atoms with Gasteiger partial charge in [-0.15, -0.1) is 13.2 Å². The molecule has 1 N–H and O–H groups in total. The molecule has 10 heteroatoms. The molecule has 47 heavy (non-hydrogen) atoms. The van der Waals surface area contributed by atoms with E-state index < -0.39 is 47.7 Å². The zero-order valence-electron chi connectivity index (χ0n) is 27.9. The quantitative estimate of drug-likeness (QED) is 0.224. The van der Waals surface area contributed by atoms with Crippen molar-refractivity contribution >= 4 is 23.7 Å². The number of fused-ring (bicyclic) bond motifs is 1. The number of allylic oxidation sites excluding steroid dienone is 1. The lowest BCUT2D eigenvalue weighted by Gasteiger charge is -2.40. The lowest BCUT2D eigenvalue weighted by Crippen LogP contribution is -2.58. The largest absolute Gasteiger partial charge is 0.455 e. The fraction of sp³-hybridized carbons (Fsp3) is 0.622. The molecule has 3 amide bonds. The molecule has 4 aliphatic rings. The van der Waals surface area contributed by atoms with E-state index in [1.54, 1.807) is 29.0 Å². The number of aliphatic hydroxyl groups excluding tert-OH is 1. The third-order valence-electron chi connectivity index (χ3n) is 10.9. The van der Waals surface area contributed by atoms with Gasteiger partial charge in [-0.2, -0.15) is 0 Å². The minimum atomic E-state index is -1.16. The van der Waals surface area contributed by atoms with Crippen molar-refractivity contribution in [3.63, 3.8) is 0 Å². The van der Waals surface area contributed by atoms with Crippen LogP contribution in [0.3, 0.4) is 0 Å². The van der Waals surface area contributed by atoms with Crippen LogP contribution in [0.2, 0.25) is 0 Å². The Balaban J connectivity index is 1.45. The first kappa shape index (κ1) is 34.8. The number of benzene rings is 1. The Morgan fingerprint density at radius 1 is 1.13 bits per heavy atom. The lowest BCUT2D eigenvalue weighted by atomic mass is 9.70. The third kappa shape index (κ3) is 6.64. The highest BCUT2D eigenvalue weighted by Crippen LogP contribution is 2.59. The fourth-order valence-electron chi connectivity index (χ4n) is 8.41. The second kappa shape index (κ2) is 15.2. The second-order valence-electron chi connectivity index (χ2n) is 13.6. The van der Waals surface area contributed by atoms with Crippen molar-refractivity contribution in [2.45, 2.75) is 107 Å². The Morgan fingerprint density at radius 2 is 1.85 bits per heavy atom. The molecule has 5 rings (SSSR count). The fourth-order valence-corrected chi connectivity index (χ4v) is 8.41. The third-order valence-corrected chi connectivity index (χ3v) is 10.9. The van der Waals surface area contributed by atoms with Crippen LogP contribution in [0.5, 0.6) is 0 Å². The number of nitrogens with zero attached hydrogens (tertiary/aromatic N) is 3. The van der Waals surface area contributed by atoms with E-state index in [9.17, 15) is 24.3 Å². The number of aliphatic hydroxyl groups is 1. The molecular weight excluding hydrogens is 598 g/mol. The van der Waals surface area contributed by atoms with Gasteiger partial charge in [0.1, 0.15) is 17.7 Å². The topological polar surface area (TPSA) is 117 Å². The summed E-state index contributed by atoms with van der Waals surface area (Å²) in [7, 11) is 1.70. The van der Waals surface area contributed by atoms with Crippen molar-refractivity contribution in [3.05, 3.63) is 61.2 Å². The van der Waals surface area contributed by atoms with Crippen molar-refractivity contribution in [1.29, 1.82) is 0 Å². The number of carbonyl (C=O) groups excluding carboxylic acids is 4. The van der Waals surface area contributed by atoms with E-state index in [0.717, 1.165) is 37.7 Å². The van der Waals surface area contributed by atoms with E-state index in [1.807, 2.05) is 42.2 Å². The van der Waals surface area contributed by atoms with Crippen LogP contribution in [-0.2, 0) is 28.7 Å². The number of hydrogen-bond acceptors (Lipinski definition) is 7. The zero-order valence-corrected chi connectivity index (χ0v) is 27.9. The van der Waals surface area contributed by atoms with E-state index in [2.05, 4.69) is 13.2 Å². The highest BCUT2D eigenvalue weighted by molar-refractivity contribution is 5.98. The van der Waals surface area contributed by atoms with Crippen LogP contribution in [0.15, 0.2) is 55.6 Å². The summed E-state index contributed by atoms with van der Waals surface area (Å²) >= 11 is 0. The molecule has 0 unspecified atom stereocenters. The maximum Gasteiger partial charge on any atom is 0.313 e. The first-order valence-corrected chi connectivity index (χ1v) is 17.3. The summed E-state index contributed by atoms with van der Waals surface area (Å²) < 4.78 is 13.0. The average molecular weight is 650 g/mol. The summed E-state index contributed by atoms with van der Waals surface area (Å²) in [6.07, 6.45) is 9.24. The molecule has 256 valence electrons. The standard InChI is InChI=1S/C37H51N3O7/c1-5-7-19-29(42)38(4)25(3)32(26-15-10-8-11-16-26)46-36(45)30-28-20-21-37(47-28)31(30)34(43)40(23-14-24-41)33(37)35(44)39(22-6-2)27-17-12-9-13-18-27/h5-6,8,10-11,15-16,25,27-28,30-33,41H,1-2,7,9,12-14,17-24H2,3-4H3/t25-,28+,30-,31-,32+,33+,37-/m1/s1. The minimum absolute atomic E-state index is 0.0538. The summed E-state index contributed by atoms with van der Waals surface area (Å²) in [4.78, 5) is 61.3. The van der Waals surface area contributed by atoms with Crippen molar-refractivity contribution in [2.24, 2.45) is 11.8 Å². The van der Waals surface area contributed by atoms with E-state index in [0.29, 0.717) is 38.6 Å². The molecule has 1 spiro atoms. The van der Waals surface area contributed by atoms with Crippen LogP contribution >= 0.6 is 0 Å². The van der Waals surface area contributed by atoms with Crippen molar-refractivity contribution < 1.29 is 33.8 Å². The SMILES string of the molecule is C=CCCC(=O)N(C)[C@H](C)[C@H](OC(=O)[C@@H]1[C@@H]2CC[C@]3(O2)[C@H](C(=O)N(CC=C)C2CCCCC2)N(CCCO)C(=O)[C@@H]13)c1ccccc1. The Hall–Kier alpha value is -3.50. The maximum atomic E-state index is 14.6. The molecule has 3 saturated heterocycles. The molecule has 1 aromatic rings. The predicted molar refractivity (Wildman–Crippen MR) is 177 cm³/mol. The molecular formula is C37H51N3O7. The molecule has 2 bridgehead atoms. The first-order valence-electron chi connectivity index (χ1n) is 17.3. The van der Waals surface area contributed by atoms with Gasteiger partial charge >= 0.3 is 5.97 Å². The van der Waals surface area contributed by atoms with Crippen LogP contribution in [0.25, 0.3) is 0 Å². The summed E-state index contributed by atoms with van der Waals surface area (Å²) in [6.45, 7) is 9.89. The molecule has 1 aromatic carbocycles. The average Bonchev–Trinajstić information content (AvgIpc) is 3.74. The van der Waals surface area contributed by atoms with Gasteiger partial charge in [-0.25, -0.2) is 0 Å². The molecule has 0 radical (unpaired) electrons. The van der Waals surface area contributed by atoms with E-state index in [-0.39, 0.29) is 36.9 Å². The molecule has 3 heterocycles. The van der Waals surface area contributed by atoms with Crippen molar-refractivity contribution in [3.8, 4) is 0 Å². The molecule has 0 aromatic heterocycles. The van der Waals surface area contributed by atoms with Gasteiger partial charge < -0.3 is 29.3 Å². The summed E-state index contributed by atoms with van der Waals surface area (Å²) in [5.74, 6) is -2.90. The Bertz CT molecular complexity index is 1310. The molecule has 7 atom stereocenters.